The molecule has 1 aliphatic heterocycles. The highest BCUT2D eigenvalue weighted by Gasteiger charge is 2.08. The molecule has 3 nitrogen and oxygen atoms in total. The summed E-state index contributed by atoms with van der Waals surface area (Å²) in [5.41, 5.74) is 0. The Labute approximate surface area is 68.1 Å². The first-order chi connectivity index (χ1) is 5.43. The van der Waals surface area contributed by atoms with E-state index in [2.05, 4.69) is 16.6 Å². The predicted molar refractivity (Wildman–Crippen MR) is 46.3 cm³/mol. The molecule has 0 N–H and O–H groups in total. The van der Waals surface area contributed by atoms with Gasteiger partial charge in [0.05, 0.1) is 13.2 Å². The Kier molecular flexibility index (Phi) is 4.16. The van der Waals surface area contributed by atoms with Gasteiger partial charge in [-0.1, -0.05) is 0 Å². The molecule has 3 heteroatoms. The fraction of sp³-hybridized carbons (Fsp3) is 0.875. The molecule has 1 rings (SSSR count). The van der Waals surface area contributed by atoms with Gasteiger partial charge in [-0.15, -0.1) is 0 Å². The van der Waals surface area contributed by atoms with E-state index in [9.17, 15) is 0 Å². The number of hydrogen-bond donors (Lipinski definition) is 0. The summed E-state index contributed by atoms with van der Waals surface area (Å²) in [6.07, 6.45) is 1.13. The van der Waals surface area contributed by atoms with Crippen LogP contribution in [0.2, 0.25) is 0 Å². The van der Waals surface area contributed by atoms with Crippen LogP contribution in [-0.2, 0) is 4.74 Å². The van der Waals surface area contributed by atoms with Crippen molar-refractivity contribution in [1.29, 1.82) is 0 Å². The maximum absolute atomic E-state index is 5.23. The van der Waals surface area contributed by atoms with Gasteiger partial charge in [0, 0.05) is 26.2 Å². The summed E-state index contributed by atoms with van der Waals surface area (Å²) in [5.74, 6) is 0. The lowest BCUT2D eigenvalue weighted by Crippen LogP contribution is -2.37. The van der Waals surface area contributed by atoms with E-state index in [-0.39, 0.29) is 0 Å². The van der Waals surface area contributed by atoms with Crippen molar-refractivity contribution in [1.82, 2.24) is 4.90 Å². The van der Waals surface area contributed by atoms with Crippen molar-refractivity contribution >= 4 is 6.72 Å². The lowest BCUT2D eigenvalue weighted by molar-refractivity contribution is 0.0377. The first-order valence-electron chi connectivity index (χ1n) is 4.16. The molecule has 0 aliphatic carbocycles. The van der Waals surface area contributed by atoms with Crippen LogP contribution in [-0.4, -0.2) is 51.0 Å². The van der Waals surface area contributed by atoms with E-state index < -0.39 is 0 Å². The zero-order valence-corrected chi connectivity index (χ0v) is 6.96. The topological polar surface area (TPSA) is 24.8 Å². The van der Waals surface area contributed by atoms with Crippen LogP contribution in [0.5, 0.6) is 0 Å². The third kappa shape index (κ3) is 3.49. The van der Waals surface area contributed by atoms with E-state index in [1.165, 1.54) is 0 Å². The second-order valence-corrected chi connectivity index (χ2v) is 2.75. The molecule has 1 saturated heterocycles. The van der Waals surface area contributed by atoms with Gasteiger partial charge in [0.25, 0.3) is 0 Å². The van der Waals surface area contributed by atoms with E-state index >= 15 is 0 Å². The minimum absolute atomic E-state index is 0.886. The minimum Gasteiger partial charge on any atom is -0.379 e. The third-order valence-electron chi connectivity index (χ3n) is 1.89. The third-order valence-corrected chi connectivity index (χ3v) is 1.89. The van der Waals surface area contributed by atoms with Gasteiger partial charge in [0.1, 0.15) is 0 Å². The number of morpholine rings is 1. The van der Waals surface area contributed by atoms with Crippen LogP contribution < -0.4 is 0 Å². The summed E-state index contributed by atoms with van der Waals surface area (Å²) in [6.45, 7) is 9.42. The fourth-order valence-electron chi connectivity index (χ4n) is 1.23. The Morgan fingerprint density at radius 3 is 2.73 bits per heavy atom. The first-order valence-corrected chi connectivity index (χ1v) is 4.16. The van der Waals surface area contributed by atoms with E-state index in [1.54, 1.807) is 0 Å². The average molecular weight is 156 g/mol. The molecule has 0 aromatic carbocycles. The second kappa shape index (κ2) is 5.27. The molecule has 0 saturated carbocycles. The highest BCUT2D eigenvalue weighted by Crippen LogP contribution is 1.97. The first kappa shape index (κ1) is 8.68. The maximum Gasteiger partial charge on any atom is 0.0594 e. The molecule has 0 aromatic heterocycles. The number of ether oxygens (including phenoxy) is 1. The van der Waals surface area contributed by atoms with Crippen LogP contribution in [0.25, 0.3) is 0 Å². The smallest absolute Gasteiger partial charge is 0.0594 e. The summed E-state index contributed by atoms with van der Waals surface area (Å²) < 4.78 is 5.23. The fourth-order valence-corrected chi connectivity index (χ4v) is 1.23. The number of rotatable bonds is 4. The lowest BCUT2D eigenvalue weighted by Gasteiger charge is -2.26. The number of hydrogen-bond acceptors (Lipinski definition) is 3. The van der Waals surface area contributed by atoms with Gasteiger partial charge < -0.3 is 9.73 Å². The molecule has 0 amide bonds. The second-order valence-electron chi connectivity index (χ2n) is 2.75. The van der Waals surface area contributed by atoms with Crippen LogP contribution in [0.3, 0.4) is 0 Å². The molecule has 0 aromatic rings. The molecular formula is C8H16N2O. The molecule has 64 valence electrons. The van der Waals surface area contributed by atoms with Gasteiger partial charge in [-0.2, -0.15) is 0 Å². The summed E-state index contributed by atoms with van der Waals surface area (Å²) in [6, 6.07) is 0. The van der Waals surface area contributed by atoms with Gasteiger partial charge in [-0.25, -0.2) is 0 Å². The average Bonchev–Trinajstić information content (AvgIpc) is 2.07. The number of nitrogens with zero attached hydrogens (tertiary/aromatic N) is 2. The summed E-state index contributed by atoms with van der Waals surface area (Å²) in [5, 5.41) is 0. The Bertz CT molecular complexity index is 111. The molecular weight excluding hydrogens is 140 g/mol. The van der Waals surface area contributed by atoms with Crippen molar-refractivity contribution in [3.8, 4) is 0 Å². The van der Waals surface area contributed by atoms with Gasteiger partial charge in [0.2, 0.25) is 0 Å². The van der Waals surface area contributed by atoms with E-state index in [1.807, 2.05) is 0 Å². The lowest BCUT2D eigenvalue weighted by atomic mass is 10.3. The zero-order valence-electron chi connectivity index (χ0n) is 6.96. The maximum atomic E-state index is 5.23. The molecule has 1 heterocycles. The number of aliphatic imine (C=N–C) groups is 1. The Balaban J connectivity index is 2.00. The van der Waals surface area contributed by atoms with E-state index in [0.717, 1.165) is 45.8 Å². The normalized spacial score (nSPS) is 20.0. The largest absolute Gasteiger partial charge is 0.379 e. The van der Waals surface area contributed by atoms with Crippen molar-refractivity contribution in [3.05, 3.63) is 0 Å². The van der Waals surface area contributed by atoms with Crippen LogP contribution in [0, 0.1) is 0 Å². The molecule has 0 bridgehead atoms. The van der Waals surface area contributed by atoms with Crippen LogP contribution in [0.4, 0.5) is 0 Å². The minimum atomic E-state index is 0.886. The van der Waals surface area contributed by atoms with Gasteiger partial charge in [-0.3, -0.25) is 4.90 Å². The van der Waals surface area contributed by atoms with Crippen molar-refractivity contribution < 1.29 is 4.74 Å². The molecule has 0 spiro atoms. The highest BCUT2D eigenvalue weighted by molar-refractivity contribution is 5.22. The molecule has 1 fully saturated rings. The zero-order chi connectivity index (χ0) is 7.94. The molecule has 0 unspecified atom stereocenters. The van der Waals surface area contributed by atoms with Crippen LogP contribution in [0.1, 0.15) is 6.42 Å². The predicted octanol–water partition coefficient (Wildman–Crippen LogP) is 0.409. The molecule has 0 radical (unpaired) electrons. The standard InChI is InChI=1S/C8H16N2O/c1-9-3-2-4-10-5-7-11-8-6-10/h1-8H2. The molecule has 1 aliphatic rings. The summed E-state index contributed by atoms with van der Waals surface area (Å²) in [4.78, 5) is 6.22. The molecule has 11 heavy (non-hydrogen) atoms. The molecule has 0 atom stereocenters. The van der Waals surface area contributed by atoms with Crippen molar-refractivity contribution in [3.63, 3.8) is 0 Å². The Morgan fingerprint density at radius 2 is 2.09 bits per heavy atom. The van der Waals surface area contributed by atoms with Crippen LogP contribution >= 0.6 is 0 Å². The summed E-state index contributed by atoms with van der Waals surface area (Å²) >= 11 is 0. The Hall–Kier alpha value is -0.410. The Morgan fingerprint density at radius 1 is 1.36 bits per heavy atom. The highest BCUT2D eigenvalue weighted by atomic mass is 16.5. The SMILES string of the molecule is C=NCCCN1CCOCC1. The van der Waals surface area contributed by atoms with Crippen molar-refractivity contribution in [2.75, 3.05) is 39.4 Å². The quantitative estimate of drug-likeness (QED) is 0.435. The van der Waals surface area contributed by atoms with Crippen molar-refractivity contribution in [2.45, 2.75) is 6.42 Å². The summed E-state index contributed by atoms with van der Waals surface area (Å²) in [7, 11) is 0. The van der Waals surface area contributed by atoms with Gasteiger partial charge >= 0.3 is 0 Å². The van der Waals surface area contributed by atoms with Gasteiger partial charge in [-0.05, 0) is 13.1 Å². The van der Waals surface area contributed by atoms with Crippen LogP contribution in [0.15, 0.2) is 4.99 Å². The van der Waals surface area contributed by atoms with Crippen molar-refractivity contribution in [2.24, 2.45) is 4.99 Å². The monoisotopic (exact) mass is 156 g/mol. The van der Waals surface area contributed by atoms with E-state index in [0.29, 0.717) is 0 Å². The van der Waals surface area contributed by atoms with Gasteiger partial charge in [0.15, 0.2) is 0 Å². The van der Waals surface area contributed by atoms with E-state index in [4.69, 9.17) is 4.74 Å².